The molecular weight excluding hydrogens is 274 g/mol. The first-order chi connectivity index (χ1) is 9.75. The lowest BCUT2D eigenvalue weighted by Crippen LogP contribution is -2.46. The zero-order valence-corrected chi connectivity index (χ0v) is 13.4. The normalized spacial score (nSPS) is 23.1. The summed E-state index contributed by atoms with van der Waals surface area (Å²) in [6.45, 7) is 8.50. The number of carboxylic acids is 1. The van der Waals surface area contributed by atoms with Crippen molar-refractivity contribution < 1.29 is 19.7 Å². The molecule has 2 atom stereocenters. The van der Waals surface area contributed by atoms with E-state index in [1.807, 2.05) is 20.8 Å². The summed E-state index contributed by atoms with van der Waals surface area (Å²) in [7, 11) is 0. The van der Waals surface area contributed by atoms with E-state index in [0.717, 1.165) is 12.8 Å². The zero-order chi connectivity index (χ0) is 16.0. The minimum atomic E-state index is -0.806. The van der Waals surface area contributed by atoms with Gasteiger partial charge in [-0.2, -0.15) is 0 Å². The molecule has 0 aromatic heterocycles. The number of unbranched alkanes of at least 4 members (excludes halogenated alkanes) is 1. The molecule has 1 rings (SSSR count). The number of hydrazine groups is 1. The third-order valence-electron chi connectivity index (χ3n) is 3.70. The van der Waals surface area contributed by atoms with Gasteiger partial charge in [0, 0.05) is 6.42 Å². The summed E-state index contributed by atoms with van der Waals surface area (Å²) in [5.74, 6) is -1.19. The van der Waals surface area contributed by atoms with Gasteiger partial charge >= 0.3 is 5.97 Å². The van der Waals surface area contributed by atoms with Gasteiger partial charge in [0.05, 0.1) is 23.0 Å². The van der Waals surface area contributed by atoms with Crippen molar-refractivity contribution in [2.45, 2.75) is 71.4 Å². The van der Waals surface area contributed by atoms with E-state index in [2.05, 4.69) is 12.2 Å². The maximum Gasteiger partial charge on any atom is 0.306 e. The second-order valence-corrected chi connectivity index (χ2v) is 6.56. The summed E-state index contributed by atoms with van der Waals surface area (Å²) in [4.78, 5) is 16.6. The lowest BCUT2D eigenvalue weighted by atomic mass is 10.1. The third kappa shape index (κ3) is 5.40. The lowest BCUT2D eigenvalue weighted by Gasteiger charge is -2.30. The van der Waals surface area contributed by atoms with E-state index in [4.69, 9.17) is 9.94 Å². The Labute approximate surface area is 126 Å². The summed E-state index contributed by atoms with van der Waals surface area (Å²) >= 11 is 0. The maximum absolute atomic E-state index is 12.1. The van der Waals surface area contributed by atoms with Crippen LogP contribution in [0.2, 0.25) is 0 Å². The molecule has 0 spiro atoms. The van der Waals surface area contributed by atoms with E-state index in [9.17, 15) is 10.0 Å². The minimum absolute atomic E-state index is 0.282. The molecule has 0 bridgehead atoms. The second kappa shape index (κ2) is 7.47. The summed E-state index contributed by atoms with van der Waals surface area (Å²) in [6, 6.07) is 0. The van der Waals surface area contributed by atoms with Crippen molar-refractivity contribution in [2.75, 3.05) is 6.54 Å². The molecule has 7 nitrogen and oxygen atoms in total. The average molecular weight is 301 g/mol. The number of hydrogen-bond donors (Lipinski definition) is 1. The van der Waals surface area contributed by atoms with Gasteiger partial charge < -0.3 is 15.2 Å². The van der Waals surface area contributed by atoms with Crippen LogP contribution in [0.1, 0.15) is 59.8 Å². The SMILES string of the molecule is CCCCN(/[N+]([O-])=N/O[C@@H]1CC[C@H](C(=O)O)C1)C(C)(C)C. The predicted octanol–water partition coefficient (Wildman–Crippen LogP) is 2.95. The molecule has 1 N–H and O–H groups in total. The second-order valence-electron chi connectivity index (χ2n) is 6.56. The molecule has 1 saturated carbocycles. The van der Waals surface area contributed by atoms with E-state index in [1.165, 1.54) is 0 Å². The molecule has 0 aliphatic heterocycles. The molecular formula is C14H27N3O4. The highest BCUT2D eigenvalue weighted by atomic mass is 16.7. The summed E-state index contributed by atoms with van der Waals surface area (Å²) in [5, 5.41) is 26.3. The predicted molar refractivity (Wildman–Crippen MR) is 77.3 cm³/mol. The molecule has 1 aliphatic rings. The van der Waals surface area contributed by atoms with Crippen molar-refractivity contribution in [3.05, 3.63) is 5.21 Å². The van der Waals surface area contributed by atoms with Crippen molar-refractivity contribution in [3.63, 3.8) is 0 Å². The highest BCUT2D eigenvalue weighted by Gasteiger charge is 2.33. The Morgan fingerprint density at radius 1 is 1.48 bits per heavy atom. The Morgan fingerprint density at radius 3 is 2.62 bits per heavy atom. The van der Waals surface area contributed by atoms with E-state index in [0.29, 0.717) is 30.8 Å². The van der Waals surface area contributed by atoms with Gasteiger partial charge in [-0.3, -0.25) is 4.79 Å². The van der Waals surface area contributed by atoms with Crippen molar-refractivity contribution in [1.82, 2.24) is 5.01 Å². The fraction of sp³-hybridized carbons (Fsp3) is 0.929. The monoisotopic (exact) mass is 301 g/mol. The Balaban J connectivity index is 2.59. The molecule has 0 heterocycles. The highest BCUT2D eigenvalue weighted by molar-refractivity contribution is 5.70. The Bertz CT molecular complexity index is 379. The fourth-order valence-corrected chi connectivity index (χ4v) is 2.40. The van der Waals surface area contributed by atoms with E-state index in [-0.39, 0.29) is 17.6 Å². The highest BCUT2D eigenvalue weighted by Crippen LogP contribution is 2.28. The number of rotatable bonds is 7. The van der Waals surface area contributed by atoms with Crippen molar-refractivity contribution in [1.29, 1.82) is 0 Å². The standard InChI is InChI=1S/C14H27N3O4/c1-5-6-9-16(14(2,3)4)17(20)15-21-12-8-7-11(10-12)13(18)19/h11-12H,5-10H2,1-4H3,(H,18,19)/b17-15-/t11-,12+/m0/s1. The molecule has 1 fully saturated rings. The number of hydrogen-bond acceptors (Lipinski definition) is 4. The van der Waals surface area contributed by atoms with E-state index >= 15 is 0 Å². The quantitative estimate of drug-likeness (QED) is 0.443. The van der Waals surface area contributed by atoms with Gasteiger partial charge in [0.25, 0.3) is 0 Å². The minimum Gasteiger partial charge on any atom is -0.569 e. The molecule has 7 heteroatoms. The van der Waals surface area contributed by atoms with Crippen molar-refractivity contribution in [3.8, 4) is 0 Å². The molecule has 1 aliphatic carbocycles. The lowest BCUT2D eigenvalue weighted by molar-refractivity contribution is -0.726. The van der Waals surface area contributed by atoms with Crippen LogP contribution in [0.3, 0.4) is 0 Å². The van der Waals surface area contributed by atoms with Gasteiger partial charge in [-0.15, -0.1) is 5.01 Å². The van der Waals surface area contributed by atoms with Crippen LogP contribution in [0.5, 0.6) is 0 Å². The van der Waals surface area contributed by atoms with E-state index < -0.39 is 5.97 Å². The van der Waals surface area contributed by atoms with Crippen LogP contribution in [0, 0.1) is 11.1 Å². The van der Waals surface area contributed by atoms with Gasteiger partial charge in [-0.25, -0.2) is 0 Å². The average Bonchev–Trinajstić information content (AvgIpc) is 2.84. The zero-order valence-electron chi connectivity index (χ0n) is 13.4. The van der Waals surface area contributed by atoms with Gasteiger partial charge in [0.2, 0.25) is 5.28 Å². The van der Waals surface area contributed by atoms with Crippen molar-refractivity contribution >= 4 is 5.97 Å². The largest absolute Gasteiger partial charge is 0.569 e. The molecule has 21 heavy (non-hydrogen) atoms. The van der Waals surface area contributed by atoms with Gasteiger partial charge in [0.15, 0.2) is 0 Å². The molecule has 0 unspecified atom stereocenters. The molecule has 0 amide bonds. The number of aliphatic carboxylic acids is 1. The van der Waals surface area contributed by atoms with Crippen LogP contribution < -0.4 is 0 Å². The van der Waals surface area contributed by atoms with Crippen LogP contribution in [0.15, 0.2) is 5.28 Å². The first-order valence-electron chi connectivity index (χ1n) is 7.60. The van der Waals surface area contributed by atoms with Crippen LogP contribution in [0.4, 0.5) is 0 Å². The van der Waals surface area contributed by atoms with Gasteiger partial charge in [-0.1, -0.05) is 13.3 Å². The first kappa shape index (κ1) is 17.5. The summed E-state index contributed by atoms with van der Waals surface area (Å²) < 4.78 is 0. The van der Waals surface area contributed by atoms with Gasteiger partial charge in [-0.05, 0) is 40.0 Å². The molecule has 0 aromatic carbocycles. The smallest absolute Gasteiger partial charge is 0.306 e. The third-order valence-corrected chi connectivity index (χ3v) is 3.70. The van der Waals surface area contributed by atoms with Crippen LogP contribution >= 0.6 is 0 Å². The molecule has 122 valence electrons. The Kier molecular flexibility index (Phi) is 6.23. The first-order valence-corrected chi connectivity index (χ1v) is 7.60. The Morgan fingerprint density at radius 2 is 2.14 bits per heavy atom. The molecule has 0 radical (unpaired) electrons. The van der Waals surface area contributed by atoms with Crippen LogP contribution in [-0.2, 0) is 9.63 Å². The topological polar surface area (TPSA) is 88.2 Å². The van der Waals surface area contributed by atoms with Crippen LogP contribution in [-0.4, -0.2) is 39.2 Å². The summed E-state index contributed by atoms with van der Waals surface area (Å²) in [6.07, 6.45) is 3.22. The number of carboxylic acid groups (broad SMARTS) is 1. The van der Waals surface area contributed by atoms with E-state index in [1.54, 1.807) is 5.01 Å². The van der Waals surface area contributed by atoms with Crippen molar-refractivity contribution in [2.24, 2.45) is 11.2 Å². The number of nitrogens with zero attached hydrogens (tertiary/aromatic N) is 3. The maximum atomic E-state index is 12.1. The van der Waals surface area contributed by atoms with Crippen LogP contribution in [0.25, 0.3) is 0 Å². The van der Waals surface area contributed by atoms with Gasteiger partial charge in [0.1, 0.15) is 6.10 Å². The number of carbonyl (C=O) groups is 1. The Hall–Kier alpha value is -1.53. The molecule has 0 aromatic rings. The summed E-state index contributed by atoms with van der Waals surface area (Å²) in [5.41, 5.74) is -0.344. The fourth-order valence-electron chi connectivity index (χ4n) is 2.40. The molecule has 0 saturated heterocycles.